The maximum absolute atomic E-state index is 4.43. The van der Waals surface area contributed by atoms with Crippen molar-refractivity contribution >= 4 is 17.3 Å². The van der Waals surface area contributed by atoms with Crippen molar-refractivity contribution in [1.82, 2.24) is 25.3 Å². The van der Waals surface area contributed by atoms with Crippen molar-refractivity contribution in [2.75, 3.05) is 72.5 Å². The second-order valence-corrected chi connectivity index (χ2v) is 8.41. The molecule has 1 unspecified atom stereocenters. The van der Waals surface area contributed by atoms with Crippen molar-refractivity contribution in [3.63, 3.8) is 0 Å². The Morgan fingerprint density at radius 3 is 2.48 bits per heavy atom. The zero-order valence-electron chi connectivity index (χ0n) is 17.0. The molecule has 2 N–H and O–H groups in total. The highest BCUT2D eigenvalue weighted by Gasteiger charge is 2.24. The van der Waals surface area contributed by atoms with Gasteiger partial charge in [-0.25, -0.2) is 0 Å². The number of likely N-dealkylation sites (N-methyl/N-ethyl adjacent to an activating group) is 1. The lowest BCUT2D eigenvalue weighted by Crippen LogP contribution is -2.49. The molecule has 1 aromatic rings. The first-order chi connectivity index (χ1) is 13.3. The largest absolute Gasteiger partial charge is 0.355 e. The van der Waals surface area contributed by atoms with Crippen LogP contribution in [0.25, 0.3) is 0 Å². The molecule has 0 saturated carbocycles. The van der Waals surface area contributed by atoms with Gasteiger partial charge in [-0.1, -0.05) is 13.0 Å². The number of hydrogen-bond donors (Lipinski definition) is 2. The number of rotatable bonds is 8. The SMILES string of the molecule is CCN1CCN(CCNC(=NC)NCC(c2cccs2)N2CCCC2)CC1. The van der Waals surface area contributed by atoms with E-state index in [1.807, 2.05) is 18.4 Å². The van der Waals surface area contributed by atoms with E-state index >= 15 is 0 Å². The number of nitrogens with one attached hydrogen (secondary N) is 2. The fourth-order valence-corrected chi connectivity index (χ4v) is 4.88. The van der Waals surface area contributed by atoms with Crippen molar-refractivity contribution in [3.05, 3.63) is 22.4 Å². The molecular formula is C20H36N6S. The van der Waals surface area contributed by atoms with E-state index in [9.17, 15) is 0 Å². The van der Waals surface area contributed by atoms with Crippen LogP contribution in [0.1, 0.15) is 30.7 Å². The summed E-state index contributed by atoms with van der Waals surface area (Å²) >= 11 is 1.86. The summed E-state index contributed by atoms with van der Waals surface area (Å²) < 4.78 is 0. The molecule has 1 aromatic heterocycles. The molecule has 2 aliphatic rings. The van der Waals surface area contributed by atoms with E-state index in [4.69, 9.17) is 0 Å². The Labute approximate surface area is 168 Å². The van der Waals surface area contributed by atoms with Gasteiger partial charge in [-0.05, 0) is 43.9 Å². The zero-order valence-corrected chi connectivity index (χ0v) is 17.8. The van der Waals surface area contributed by atoms with Crippen molar-refractivity contribution in [1.29, 1.82) is 0 Å². The molecule has 2 fully saturated rings. The van der Waals surface area contributed by atoms with Gasteiger partial charge in [0.05, 0.1) is 6.04 Å². The molecule has 27 heavy (non-hydrogen) atoms. The van der Waals surface area contributed by atoms with Gasteiger partial charge in [0, 0.05) is 57.7 Å². The summed E-state index contributed by atoms with van der Waals surface area (Å²) in [7, 11) is 1.87. The minimum atomic E-state index is 0.452. The summed E-state index contributed by atoms with van der Waals surface area (Å²) in [5, 5.41) is 9.25. The Morgan fingerprint density at radius 1 is 1.11 bits per heavy atom. The standard InChI is InChI=1S/C20H36N6S/c1-3-24-12-14-25(15-13-24)11-8-22-20(21-2)23-17-18(19-7-6-16-27-19)26-9-4-5-10-26/h6-7,16,18H,3-5,8-15,17H2,1-2H3,(H2,21,22,23). The van der Waals surface area contributed by atoms with Crippen LogP contribution in [0.5, 0.6) is 0 Å². The maximum atomic E-state index is 4.43. The summed E-state index contributed by atoms with van der Waals surface area (Å²) in [6.45, 7) is 13.5. The molecule has 1 atom stereocenters. The minimum Gasteiger partial charge on any atom is -0.355 e. The van der Waals surface area contributed by atoms with Crippen LogP contribution in [0.15, 0.2) is 22.5 Å². The van der Waals surface area contributed by atoms with Crippen molar-refractivity contribution < 1.29 is 0 Å². The van der Waals surface area contributed by atoms with Crippen LogP contribution in [0.3, 0.4) is 0 Å². The van der Waals surface area contributed by atoms with Gasteiger partial charge in [0.25, 0.3) is 0 Å². The summed E-state index contributed by atoms with van der Waals surface area (Å²) in [4.78, 5) is 13.6. The van der Waals surface area contributed by atoms with E-state index in [1.54, 1.807) is 0 Å². The van der Waals surface area contributed by atoms with Gasteiger partial charge in [-0.2, -0.15) is 0 Å². The van der Waals surface area contributed by atoms with Gasteiger partial charge in [-0.3, -0.25) is 14.8 Å². The third kappa shape index (κ3) is 6.17. The van der Waals surface area contributed by atoms with Crippen LogP contribution >= 0.6 is 11.3 Å². The van der Waals surface area contributed by atoms with Gasteiger partial charge in [0.15, 0.2) is 5.96 Å². The van der Waals surface area contributed by atoms with Gasteiger partial charge in [0.1, 0.15) is 0 Å². The molecule has 0 radical (unpaired) electrons. The second-order valence-electron chi connectivity index (χ2n) is 7.43. The third-order valence-corrected chi connectivity index (χ3v) is 6.75. The van der Waals surface area contributed by atoms with Gasteiger partial charge in [-0.15, -0.1) is 11.3 Å². The van der Waals surface area contributed by atoms with Gasteiger partial charge < -0.3 is 15.5 Å². The molecule has 2 saturated heterocycles. The Hall–Kier alpha value is -1.15. The summed E-state index contributed by atoms with van der Waals surface area (Å²) in [6.07, 6.45) is 2.64. The summed E-state index contributed by atoms with van der Waals surface area (Å²) in [6, 6.07) is 4.88. The lowest BCUT2D eigenvalue weighted by molar-refractivity contribution is 0.139. The molecule has 0 aliphatic carbocycles. The maximum Gasteiger partial charge on any atom is 0.191 e. The van der Waals surface area contributed by atoms with Crippen LogP contribution < -0.4 is 10.6 Å². The number of thiophene rings is 1. The first-order valence-corrected chi connectivity index (χ1v) is 11.3. The molecule has 0 amide bonds. The van der Waals surface area contributed by atoms with Crippen LogP contribution in [0.4, 0.5) is 0 Å². The predicted molar refractivity (Wildman–Crippen MR) is 116 cm³/mol. The Bertz CT molecular complexity index is 547. The highest BCUT2D eigenvalue weighted by Crippen LogP contribution is 2.27. The highest BCUT2D eigenvalue weighted by molar-refractivity contribution is 7.10. The fourth-order valence-electron chi connectivity index (χ4n) is 4.02. The van der Waals surface area contributed by atoms with Gasteiger partial charge in [0.2, 0.25) is 0 Å². The van der Waals surface area contributed by atoms with Crippen LogP contribution in [0.2, 0.25) is 0 Å². The van der Waals surface area contributed by atoms with Crippen LogP contribution in [-0.2, 0) is 0 Å². The lowest BCUT2D eigenvalue weighted by atomic mass is 10.2. The Morgan fingerprint density at radius 2 is 1.85 bits per heavy atom. The molecule has 2 aliphatic heterocycles. The molecule has 152 valence electrons. The summed E-state index contributed by atoms with van der Waals surface area (Å²) in [5.41, 5.74) is 0. The smallest absolute Gasteiger partial charge is 0.191 e. The first-order valence-electron chi connectivity index (χ1n) is 10.5. The highest BCUT2D eigenvalue weighted by atomic mass is 32.1. The molecule has 0 spiro atoms. The molecule has 3 heterocycles. The predicted octanol–water partition coefficient (Wildman–Crippen LogP) is 1.69. The molecule has 3 rings (SSSR count). The number of piperazine rings is 1. The van der Waals surface area contributed by atoms with E-state index < -0.39 is 0 Å². The number of likely N-dealkylation sites (tertiary alicyclic amines) is 1. The zero-order chi connectivity index (χ0) is 18.9. The topological polar surface area (TPSA) is 46.1 Å². The molecule has 7 heteroatoms. The van der Waals surface area contributed by atoms with Crippen LogP contribution in [0, 0.1) is 0 Å². The Balaban J connectivity index is 1.41. The molecule has 6 nitrogen and oxygen atoms in total. The minimum absolute atomic E-state index is 0.452. The normalized spacial score (nSPS) is 21.5. The van der Waals surface area contributed by atoms with E-state index in [2.05, 4.69) is 54.8 Å². The fraction of sp³-hybridized carbons (Fsp3) is 0.750. The quantitative estimate of drug-likeness (QED) is 0.521. The number of guanidine groups is 1. The van der Waals surface area contributed by atoms with E-state index in [1.165, 1.54) is 63.5 Å². The number of nitrogens with zero attached hydrogens (tertiary/aromatic N) is 4. The third-order valence-electron chi connectivity index (χ3n) is 5.77. The summed E-state index contributed by atoms with van der Waals surface area (Å²) in [5.74, 6) is 0.919. The van der Waals surface area contributed by atoms with Crippen LogP contribution in [-0.4, -0.2) is 93.2 Å². The lowest BCUT2D eigenvalue weighted by Gasteiger charge is -2.34. The first kappa shape index (κ1) is 20.6. The monoisotopic (exact) mass is 392 g/mol. The molecule has 0 aromatic carbocycles. The number of aliphatic imine (C=N–C) groups is 1. The van der Waals surface area contributed by atoms with Crippen molar-refractivity contribution in [2.24, 2.45) is 4.99 Å². The number of hydrogen-bond acceptors (Lipinski definition) is 5. The molecule has 0 bridgehead atoms. The van der Waals surface area contributed by atoms with Crippen molar-refractivity contribution in [3.8, 4) is 0 Å². The average molecular weight is 393 g/mol. The Kier molecular flexibility index (Phi) is 8.38. The second kappa shape index (κ2) is 11.0. The average Bonchev–Trinajstić information content (AvgIpc) is 3.42. The van der Waals surface area contributed by atoms with E-state index in [0.717, 1.165) is 25.6 Å². The molecular weight excluding hydrogens is 356 g/mol. The van der Waals surface area contributed by atoms with E-state index in [0.29, 0.717) is 6.04 Å². The van der Waals surface area contributed by atoms with Gasteiger partial charge >= 0.3 is 0 Å². The van der Waals surface area contributed by atoms with E-state index in [-0.39, 0.29) is 0 Å². The van der Waals surface area contributed by atoms with Crippen molar-refractivity contribution in [2.45, 2.75) is 25.8 Å².